The molecule has 2 rings (SSSR count). The molecule has 0 spiro atoms. The van der Waals surface area contributed by atoms with Crippen LogP contribution in [0.15, 0.2) is 29.1 Å². The fourth-order valence-electron chi connectivity index (χ4n) is 1.58. The van der Waals surface area contributed by atoms with Crippen molar-refractivity contribution in [3.8, 4) is 0 Å². The Hall–Kier alpha value is -2.17. The summed E-state index contributed by atoms with van der Waals surface area (Å²) in [6.07, 6.45) is 0.142. The third kappa shape index (κ3) is 1.93. The summed E-state index contributed by atoms with van der Waals surface area (Å²) >= 11 is 0. The van der Waals surface area contributed by atoms with E-state index in [1.54, 1.807) is 24.3 Å². The number of rotatable bonds is 3. The Morgan fingerprint density at radius 1 is 1.31 bits per heavy atom. The fourth-order valence-corrected chi connectivity index (χ4v) is 1.58. The summed E-state index contributed by atoms with van der Waals surface area (Å²) < 4.78 is 0. The molecule has 82 valence electrons. The zero-order chi connectivity index (χ0) is 11.5. The minimum atomic E-state index is -1.13. The SMILES string of the molecule is O=C([O-])CCc1n[nH]c(=O)c2ccccc12. The number of benzene rings is 1. The normalized spacial score (nSPS) is 10.5. The molecule has 5 heteroatoms. The molecule has 0 fully saturated rings. The van der Waals surface area contributed by atoms with Crippen molar-refractivity contribution in [3.63, 3.8) is 0 Å². The summed E-state index contributed by atoms with van der Waals surface area (Å²) in [5.41, 5.74) is 0.298. The van der Waals surface area contributed by atoms with Crippen LogP contribution in [0.25, 0.3) is 10.8 Å². The largest absolute Gasteiger partial charge is 0.550 e. The van der Waals surface area contributed by atoms with Crippen molar-refractivity contribution >= 4 is 16.7 Å². The predicted molar refractivity (Wildman–Crippen MR) is 55.7 cm³/mol. The second-order valence-corrected chi connectivity index (χ2v) is 3.42. The predicted octanol–water partition coefficient (Wildman–Crippen LogP) is -0.394. The highest BCUT2D eigenvalue weighted by molar-refractivity contribution is 5.83. The van der Waals surface area contributed by atoms with Gasteiger partial charge in [0.05, 0.1) is 11.1 Å². The number of carbonyl (C=O) groups excluding carboxylic acids is 1. The van der Waals surface area contributed by atoms with Crippen molar-refractivity contribution in [2.45, 2.75) is 12.8 Å². The zero-order valence-electron chi connectivity index (χ0n) is 8.40. The summed E-state index contributed by atoms with van der Waals surface area (Å²) in [4.78, 5) is 21.8. The van der Waals surface area contributed by atoms with Gasteiger partial charge in [0.25, 0.3) is 5.56 Å². The van der Waals surface area contributed by atoms with E-state index in [2.05, 4.69) is 10.2 Å². The van der Waals surface area contributed by atoms with E-state index in [1.165, 1.54) is 0 Å². The summed E-state index contributed by atoms with van der Waals surface area (Å²) in [6.45, 7) is 0. The van der Waals surface area contributed by atoms with E-state index in [1.807, 2.05) is 0 Å². The van der Waals surface area contributed by atoms with Gasteiger partial charge < -0.3 is 9.90 Å². The minimum Gasteiger partial charge on any atom is -0.550 e. The number of nitrogens with one attached hydrogen (secondary N) is 1. The van der Waals surface area contributed by atoms with E-state index in [0.717, 1.165) is 0 Å². The number of hydrogen-bond donors (Lipinski definition) is 1. The molecule has 5 nitrogen and oxygen atoms in total. The Labute approximate surface area is 90.7 Å². The van der Waals surface area contributed by atoms with Crippen LogP contribution in [0.5, 0.6) is 0 Å². The summed E-state index contributed by atoms with van der Waals surface area (Å²) in [7, 11) is 0. The molecule has 0 atom stereocenters. The molecule has 2 aromatic rings. The van der Waals surface area contributed by atoms with Crippen LogP contribution >= 0.6 is 0 Å². The van der Waals surface area contributed by atoms with Gasteiger partial charge in [0.15, 0.2) is 0 Å². The van der Waals surface area contributed by atoms with E-state index in [4.69, 9.17) is 0 Å². The number of carboxylic acids is 1. The smallest absolute Gasteiger partial charge is 0.272 e. The van der Waals surface area contributed by atoms with Crippen molar-refractivity contribution in [2.24, 2.45) is 0 Å². The highest BCUT2D eigenvalue weighted by atomic mass is 16.4. The molecule has 0 aliphatic carbocycles. The average molecular weight is 217 g/mol. The third-order valence-corrected chi connectivity index (χ3v) is 2.34. The molecule has 0 aliphatic heterocycles. The number of carbonyl (C=O) groups is 1. The van der Waals surface area contributed by atoms with Crippen LogP contribution in [0.1, 0.15) is 12.1 Å². The van der Waals surface area contributed by atoms with E-state index < -0.39 is 5.97 Å². The molecule has 0 saturated heterocycles. The van der Waals surface area contributed by atoms with Crippen molar-refractivity contribution in [1.82, 2.24) is 10.2 Å². The molecule has 16 heavy (non-hydrogen) atoms. The number of fused-ring (bicyclic) bond motifs is 1. The van der Waals surface area contributed by atoms with Crippen molar-refractivity contribution < 1.29 is 9.90 Å². The summed E-state index contributed by atoms with van der Waals surface area (Å²) in [5, 5.41) is 17.8. The second-order valence-electron chi connectivity index (χ2n) is 3.42. The monoisotopic (exact) mass is 217 g/mol. The maximum Gasteiger partial charge on any atom is 0.272 e. The molecule has 1 aromatic heterocycles. The molecule has 0 radical (unpaired) electrons. The Kier molecular flexibility index (Phi) is 2.68. The highest BCUT2D eigenvalue weighted by Gasteiger charge is 2.05. The van der Waals surface area contributed by atoms with E-state index >= 15 is 0 Å². The lowest BCUT2D eigenvalue weighted by Crippen LogP contribution is -2.23. The second kappa shape index (κ2) is 4.14. The molecular formula is C11H9N2O3-. The van der Waals surface area contributed by atoms with Gasteiger partial charge >= 0.3 is 0 Å². The molecule has 1 N–H and O–H groups in total. The molecule has 0 amide bonds. The van der Waals surface area contributed by atoms with Gasteiger partial charge in [0, 0.05) is 11.4 Å². The van der Waals surface area contributed by atoms with Gasteiger partial charge in [-0.15, -0.1) is 0 Å². The van der Waals surface area contributed by atoms with Crippen LogP contribution in [-0.2, 0) is 11.2 Å². The van der Waals surface area contributed by atoms with E-state index in [9.17, 15) is 14.7 Å². The lowest BCUT2D eigenvalue weighted by Gasteiger charge is -2.04. The van der Waals surface area contributed by atoms with Gasteiger partial charge in [0.1, 0.15) is 0 Å². The summed E-state index contributed by atoms with van der Waals surface area (Å²) in [6, 6.07) is 6.96. The first-order valence-electron chi connectivity index (χ1n) is 4.84. The first-order chi connectivity index (χ1) is 7.68. The van der Waals surface area contributed by atoms with Crippen molar-refractivity contribution in [2.75, 3.05) is 0 Å². The zero-order valence-corrected chi connectivity index (χ0v) is 8.40. The number of H-pyrrole nitrogens is 1. The molecule has 0 unspecified atom stereocenters. The Morgan fingerprint density at radius 2 is 2.00 bits per heavy atom. The van der Waals surface area contributed by atoms with E-state index in [-0.39, 0.29) is 18.4 Å². The highest BCUT2D eigenvalue weighted by Crippen LogP contribution is 2.13. The van der Waals surface area contributed by atoms with Gasteiger partial charge in [-0.2, -0.15) is 5.10 Å². The van der Waals surface area contributed by atoms with E-state index in [0.29, 0.717) is 16.5 Å². The summed E-state index contributed by atoms with van der Waals surface area (Å²) in [5.74, 6) is -1.13. The Bertz CT molecular complexity index is 589. The number of aliphatic carboxylic acids is 1. The quantitative estimate of drug-likeness (QED) is 0.758. The molecular weight excluding hydrogens is 208 g/mol. The van der Waals surface area contributed by atoms with Crippen LogP contribution in [0.4, 0.5) is 0 Å². The Balaban J connectivity index is 2.50. The van der Waals surface area contributed by atoms with Gasteiger partial charge in [0.2, 0.25) is 0 Å². The fraction of sp³-hybridized carbons (Fsp3) is 0.182. The first-order valence-corrected chi connectivity index (χ1v) is 4.84. The van der Waals surface area contributed by atoms with Crippen LogP contribution in [0, 0.1) is 0 Å². The number of aromatic amines is 1. The maximum absolute atomic E-state index is 11.4. The van der Waals surface area contributed by atoms with Gasteiger partial charge in [-0.1, -0.05) is 18.2 Å². The lowest BCUT2D eigenvalue weighted by molar-refractivity contribution is -0.305. The van der Waals surface area contributed by atoms with Gasteiger partial charge in [-0.25, -0.2) is 5.10 Å². The van der Waals surface area contributed by atoms with Crippen molar-refractivity contribution in [3.05, 3.63) is 40.3 Å². The molecule has 1 aromatic carbocycles. The lowest BCUT2D eigenvalue weighted by atomic mass is 10.1. The number of aromatic nitrogens is 2. The molecule has 1 heterocycles. The van der Waals surface area contributed by atoms with Gasteiger partial charge in [-0.05, 0) is 18.9 Å². The molecule has 0 saturated carbocycles. The third-order valence-electron chi connectivity index (χ3n) is 2.34. The van der Waals surface area contributed by atoms with Crippen LogP contribution in [0.3, 0.4) is 0 Å². The molecule has 0 bridgehead atoms. The van der Waals surface area contributed by atoms with Crippen LogP contribution < -0.4 is 10.7 Å². The Morgan fingerprint density at radius 3 is 2.69 bits per heavy atom. The standard InChI is InChI=1S/C11H10N2O3/c14-10(15)6-5-9-7-3-1-2-4-8(7)11(16)13-12-9/h1-4H,5-6H2,(H,13,16)(H,14,15)/p-1. The minimum absolute atomic E-state index is 0.108. The van der Waals surface area contributed by atoms with Crippen LogP contribution in [-0.4, -0.2) is 16.2 Å². The number of hydrogen-bond acceptors (Lipinski definition) is 4. The topological polar surface area (TPSA) is 85.9 Å². The number of aryl methyl sites for hydroxylation is 1. The maximum atomic E-state index is 11.4. The van der Waals surface area contributed by atoms with Crippen molar-refractivity contribution in [1.29, 1.82) is 0 Å². The van der Waals surface area contributed by atoms with Gasteiger partial charge in [-0.3, -0.25) is 4.79 Å². The average Bonchev–Trinajstić information content (AvgIpc) is 2.28. The first kappa shape index (κ1) is 10.4. The number of carboxylic acid groups (broad SMARTS) is 1. The number of nitrogens with zero attached hydrogens (tertiary/aromatic N) is 1. The molecule has 0 aliphatic rings. The van der Waals surface area contributed by atoms with Crippen LogP contribution in [0.2, 0.25) is 0 Å².